The van der Waals surface area contributed by atoms with Gasteiger partial charge in [-0.1, -0.05) is 96.5 Å². The molecular weight excluding hydrogens is 1420 g/mol. The van der Waals surface area contributed by atoms with Crippen LogP contribution in [0.4, 0.5) is 34.8 Å². The molecule has 0 atom stereocenters. The summed E-state index contributed by atoms with van der Waals surface area (Å²) in [6.07, 6.45) is 8.35. The Morgan fingerprint density at radius 1 is 0.439 bits per heavy atom. The lowest BCUT2D eigenvalue weighted by Crippen LogP contribution is -2.07. The van der Waals surface area contributed by atoms with Gasteiger partial charge in [-0.3, -0.25) is 0 Å². The van der Waals surface area contributed by atoms with Gasteiger partial charge in [-0.25, -0.2) is 81.7 Å². The van der Waals surface area contributed by atoms with Crippen LogP contribution in [0.1, 0.15) is 12.5 Å². The van der Waals surface area contributed by atoms with Gasteiger partial charge in [0.05, 0.1) is 48.3 Å². The van der Waals surface area contributed by atoms with Crippen LogP contribution in [-0.4, -0.2) is 134 Å². The summed E-state index contributed by atoms with van der Waals surface area (Å²) in [6, 6.07) is 48.3. The minimum absolute atomic E-state index is 0.260. The van der Waals surface area contributed by atoms with Crippen molar-refractivity contribution in [2.45, 2.75) is 18.4 Å². The first-order valence-electron chi connectivity index (χ1n) is 33.0. The van der Waals surface area contributed by atoms with E-state index in [0.29, 0.717) is 92.2 Å². The third-order valence-corrected chi connectivity index (χ3v) is 19.5. The van der Waals surface area contributed by atoms with Crippen molar-refractivity contribution in [1.82, 2.24) is 98.7 Å². The van der Waals surface area contributed by atoms with Crippen molar-refractivity contribution < 1.29 is 17.9 Å². The van der Waals surface area contributed by atoms with Crippen molar-refractivity contribution in [2.75, 3.05) is 60.5 Å². The zero-order chi connectivity index (χ0) is 75.4. The molecule has 17 aromatic rings. The van der Waals surface area contributed by atoms with E-state index in [1.54, 1.807) is 66.1 Å². The molecule has 33 heteroatoms. The van der Waals surface area contributed by atoms with Crippen molar-refractivity contribution >= 4 is 133 Å². The fourth-order valence-corrected chi connectivity index (χ4v) is 13.7. The second kappa shape index (κ2) is 30.5. The summed E-state index contributed by atoms with van der Waals surface area (Å²) in [5.41, 5.74) is 42.9. The molecule has 11 aromatic heterocycles. The van der Waals surface area contributed by atoms with E-state index in [9.17, 15) is 8.42 Å². The van der Waals surface area contributed by atoms with Gasteiger partial charge < -0.3 is 43.0 Å². The molecule has 11 heterocycles. The van der Waals surface area contributed by atoms with Crippen molar-refractivity contribution in [3.8, 4) is 67.1 Å². The first-order valence-corrected chi connectivity index (χ1v) is 36.0. The number of sulfone groups is 1. The van der Waals surface area contributed by atoms with Gasteiger partial charge in [0.2, 0.25) is 0 Å². The van der Waals surface area contributed by atoms with Crippen LogP contribution in [0.2, 0.25) is 5.02 Å². The Hall–Kier alpha value is -13.3. The number of hydrogen-bond donors (Lipinski definition) is 5. The molecule has 17 rings (SSSR count). The van der Waals surface area contributed by atoms with Crippen LogP contribution >= 0.6 is 22.9 Å². The molecule has 0 radical (unpaired) electrons. The van der Waals surface area contributed by atoms with Gasteiger partial charge in [0, 0.05) is 88.2 Å². The van der Waals surface area contributed by atoms with Crippen LogP contribution in [0.5, 0.6) is 11.5 Å². The lowest BCUT2D eigenvalue weighted by Gasteiger charge is -2.12. The fraction of sp³-hybridized carbons (Fsp3) is 0.149. The number of ether oxygens (including phenoxy) is 2. The number of hydrogen-bond acceptors (Lipinski definition) is 26. The summed E-state index contributed by atoms with van der Waals surface area (Å²) in [4.78, 5) is 44.7. The summed E-state index contributed by atoms with van der Waals surface area (Å²) >= 11 is 8.12. The molecule has 0 spiro atoms. The lowest BCUT2D eigenvalue weighted by molar-refractivity contribution is 0.306. The average Bonchev–Trinajstić information content (AvgIpc) is 1.86. The Morgan fingerprint density at radius 2 is 0.841 bits per heavy atom. The standard InChI is InChI=1S/C19H16ClN5O.C14H16N6.C14H15N5O.C14H11N5S.C13H13N5O2S/c1-25-19-16(18(21)22-11-23-19)17(24-25)13-7-8-15(14(20)9-13)26-10-12-5-3-2-4-6-12;1-19(2)10-6-4-9(5-7-10)12-11-13(15)16-8-17-14(11)20(3)18-12;1-3-20-10-6-4-5-9(7-10)12-11-13(15)16-8-17-14(11)19(2)18-12;1-19-14-11(13(15)16-7-17-14)12(18-19)10-6-8-4-2-3-5-9(8)20-10;1-18-13-10(12(14)15-7-16-13)11(17-18)8-3-5-9(6-4-8)21(2,19)20/h2-9,11H,10H2,1H3,(H2,21,22,23);4-8H,1-3H3,(H2,15,16,17);4-8H,3H2,1-2H3,(H2,15,16,17);2-7H,1H3,(H2,15,16,17);3-7H,1-2H3,(H2,14,15,16). The normalized spacial score (nSPS) is 11.2. The summed E-state index contributed by atoms with van der Waals surface area (Å²) < 4.78 is 44.0. The molecule has 0 unspecified atom stereocenters. The maximum atomic E-state index is 11.5. The summed E-state index contributed by atoms with van der Waals surface area (Å²) in [7, 11) is 9.94. The van der Waals surface area contributed by atoms with E-state index in [2.05, 4.69) is 111 Å². The maximum absolute atomic E-state index is 11.5. The topological polar surface area (TPSA) is 404 Å². The molecule has 0 saturated heterocycles. The molecule has 0 fully saturated rings. The van der Waals surface area contributed by atoms with E-state index in [-0.39, 0.29) is 4.90 Å². The molecule has 0 aliphatic heterocycles. The van der Waals surface area contributed by atoms with Crippen LogP contribution in [0, 0.1) is 0 Å². The fourth-order valence-electron chi connectivity index (χ4n) is 11.8. The number of rotatable bonds is 12. The molecule has 0 aliphatic rings. The number of aromatic nitrogens is 20. The molecule has 540 valence electrons. The SMILES string of the molecule is CCOc1cccc(-c2nn(C)c3ncnc(N)c23)c1.CN(C)c1ccc(-c2nn(C)c3ncnc(N)c23)cc1.Cn1nc(-c2cc3ccccc3s2)c2c(N)ncnc21.Cn1nc(-c2ccc(OCc3ccccc3)c(Cl)c2)c2c(N)ncnc21.Cn1nc(-c2ccc(S(C)(=O)=O)cc2)c2c(N)ncnc21. The van der Waals surface area contributed by atoms with Crippen molar-refractivity contribution in [3.63, 3.8) is 0 Å². The zero-order valence-electron chi connectivity index (χ0n) is 59.3. The average molecular weight is 1490 g/mol. The Kier molecular flexibility index (Phi) is 20.6. The third kappa shape index (κ3) is 15.1. The Balaban J connectivity index is 0.000000119. The minimum atomic E-state index is -3.22. The molecule has 107 heavy (non-hydrogen) atoms. The van der Waals surface area contributed by atoms with E-state index in [1.807, 2.05) is 146 Å². The van der Waals surface area contributed by atoms with Crippen LogP contribution in [0.25, 0.3) is 121 Å². The van der Waals surface area contributed by atoms with E-state index < -0.39 is 9.84 Å². The van der Waals surface area contributed by atoms with Gasteiger partial charge in [0.15, 0.2) is 38.1 Å². The molecular formula is C74H71ClN26O4S2. The lowest BCUT2D eigenvalue weighted by atomic mass is 10.1. The number of nitrogens with zero attached hydrogens (tertiary/aromatic N) is 21. The third-order valence-electron chi connectivity index (χ3n) is 17.0. The highest BCUT2D eigenvalue weighted by molar-refractivity contribution is 7.90. The summed E-state index contributed by atoms with van der Waals surface area (Å²) in [6.45, 7) is 3.03. The Labute approximate surface area is 621 Å². The van der Waals surface area contributed by atoms with E-state index in [4.69, 9.17) is 49.7 Å². The van der Waals surface area contributed by atoms with Gasteiger partial charge in [-0.2, -0.15) is 25.5 Å². The van der Waals surface area contributed by atoms with Crippen LogP contribution < -0.4 is 43.0 Å². The van der Waals surface area contributed by atoms with E-state index in [0.717, 1.165) is 88.7 Å². The molecule has 10 N–H and O–H groups in total. The molecule has 0 bridgehead atoms. The number of nitrogen functional groups attached to an aromatic ring is 5. The van der Waals surface area contributed by atoms with Crippen molar-refractivity contribution in [2.24, 2.45) is 35.2 Å². The summed E-state index contributed by atoms with van der Waals surface area (Å²) in [5, 5.41) is 28.0. The molecule has 6 aromatic carbocycles. The van der Waals surface area contributed by atoms with E-state index >= 15 is 0 Å². The number of anilines is 6. The quantitative estimate of drug-likeness (QED) is 0.0758. The first kappa shape index (κ1) is 72.0. The minimum Gasteiger partial charge on any atom is -0.494 e. The second-order valence-electron chi connectivity index (χ2n) is 24.4. The molecule has 0 aliphatic carbocycles. The van der Waals surface area contributed by atoms with Crippen LogP contribution in [0.3, 0.4) is 0 Å². The number of thiophene rings is 1. The van der Waals surface area contributed by atoms with Crippen LogP contribution in [-0.2, 0) is 51.7 Å². The van der Waals surface area contributed by atoms with Gasteiger partial charge in [0.25, 0.3) is 0 Å². The van der Waals surface area contributed by atoms with Gasteiger partial charge >= 0.3 is 0 Å². The smallest absolute Gasteiger partial charge is 0.175 e. The highest BCUT2D eigenvalue weighted by Gasteiger charge is 2.22. The molecule has 0 saturated carbocycles. The molecule has 0 amide bonds. The Morgan fingerprint density at radius 3 is 1.27 bits per heavy atom. The first-order chi connectivity index (χ1) is 51.5. The van der Waals surface area contributed by atoms with Crippen LogP contribution in [0.15, 0.2) is 188 Å². The molecule has 30 nitrogen and oxygen atoms in total. The second-order valence-corrected chi connectivity index (χ2v) is 27.9. The summed E-state index contributed by atoms with van der Waals surface area (Å²) in [5.74, 6) is 3.50. The maximum Gasteiger partial charge on any atom is 0.175 e. The van der Waals surface area contributed by atoms with Crippen molar-refractivity contribution in [3.05, 3.63) is 194 Å². The number of halogens is 1. The van der Waals surface area contributed by atoms with E-state index in [1.165, 1.54) is 48.0 Å². The zero-order valence-corrected chi connectivity index (χ0v) is 61.7. The van der Waals surface area contributed by atoms with Crippen molar-refractivity contribution in [1.29, 1.82) is 0 Å². The van der Waals surface area contributed by atoms with Gasteiger partial charge in [-0.15, -0.1) is 11.3 Å². The Bertz CT molecular complexity index is 6190. The van der Waals surface area contributed by atoms with Gasteiger partial charge in [0.1, 0.15) is 107 Å². The monoisotopic (exact) mass is 1490 g/mol. The predicted octanol–water partition coefficient (Wildman–Crippen LogP) is 11.4. The highest BCUT2D eigenvalue weighted by Crippen LogP contribution is 2.40. The number of aryl methyl sites for hydroxylation is 5. The largest absolute Gasteiger partial charge is 0.494 e. The highest BCUT2D eigenvalue weighted by atomic mass is 35.5. The number of fused-ring (bicyclic) bond motifs is 6. The van der Waals surface area contributed by atoms with Gasteiger partial charge in [-0.05, 0) is 84.6 Å². The number of nitrogens with two attached hydrogens (primary N) is 5. The number of benzene rings is 6. The predicted molar refractivity (Wildman–Crippen MR) is 421 cm³/mol.